The summed E-state index contributed by atoms with van der Waals surface area (Å²) < 4.78 is 29.2. The summed E-state index contributed by atoms with van der Waals surface area (Å²) in [5.74, 6) is -3.09. The Labute approximate surface area is 174 Å². The Kier molecular flexibility index (Phi) is 4.29. The topological polar surface area (TPSA) is 20.3 Å². The number of likely N-dealkylation sites (tertiary alicyclic amines) is 1. The lowest BCUT2D eigenvalue weighted by Crippen LogP contribution is -2.62. The van der Waals surface area contributed by atoms with Gasteiger partial charge in [-0.25, -0.2) is 8.78 Å². The summed E-state index contributed by atoms with van der Waals surface area (Å²) in [4.78, 5) is 14.6. The average molecular weight is 416 g/mol. The van der Waals surface area contributed by atoms with Crippen LogP contribution in [0, 0.1) is 17.3 Å². The molecular formula is C24H24ClF2NO. The Morgan fingerprint density at radius 2 is 1.76 bits per heavy atom. The summed E-state index contributed by atoms with van der Waals surface area (Å²) in [6.07, 6.45) is 3.11. The number of alkyl halides is 2. The van der Waals surface area contributed by atoms with Gasteiger partial charge in [0.1, 0.15) is 0 Å². The largest absolute Gasteiger partial charge is 0.332 e. The number of hydrogen-bond donors (Lipinski definition) is 0. The predicted molar refractivity (Wildman–Crippen MR) is 110 cm³/mol. The highest BCUT2D eigenvalue weighted by molar-refractivity contribution is 6.30. The summed E-state index contributed by atoms with van der Waals surface area (Å²) in [7, 11) is 0. The zero-order valence-corrected chi connectivity index (χ0v) is 17.1. The van der Waals surface area contributed by atoms with Crippen LogP contribution in [0.1, 0.15) is 31.7 Å². The van der Waals surface area contributed by atoms with Crippen LogP contribution in [-0.4, -0.2) is 29.3 Å². The highest BCUT2D eigenvalue weighted by Crippen LogP contribution is 2.65. The number of carbonyl (C=O) groups excluding carboxylic acids is 1. The third-order valence-electron chi connectivity index (χ3n) is 7.31. The molecule has 1 aliphatic heterocycles. The molecule has 2 aromatic carbocycles. The van der Waals surface area contributed by atoms with Crippen LogP contribution in [0.5, 0.6) is 0 Å². The van der Waals surface area contributed by atoms with Crippen LogP contribution in [0.25, 0.3) is 11.1 Å². The Balaban J connectivity index is 1.41. The van der Waals surface area contributed by atoms with Crippen molar-refractivity contribution in [3.8, 4) is 11.1 Å². The van der Waals surface area contributed by atoms with E-state index in [1.54, 1.807) is 6.92 Å². The van der Waals surface area contributed by atoms with Gasteiger partial charge in [-0.1, -0.05) is 54.9 Å². The number of amides is 1. The maximum Gasteiger partial charge on any atom is 0.269 e. The van der Waals surface area contributed by atoms with E-state index in [1.165, 1.54) is 4.90 Å². The molecule has 1 amide bonds. The molecule has 0 spiro atoms. The Morgan fingerprint density at radius 3 is 2.38 bits per heavy atom. The van der Waals surface area contributed by atoms with Crippen LogP contribution in [-0.2, 0) is 11.2 Å². The van der Waals surface area contributed by atoms with Gasteiger partial charge in [-0.3, -0.25) is 4.79 Å². The molecule has 5 heteroatoms. The maximum atomic E-state index is 14.6. The second-order valence-corrected chi connectivity index (χ2v) is 9.66. The molecule has 2 aromatic rings. The number of nitrogens with zero attached hydrogens (tertiary/aromatic N) is 1. The van der Waals surface area contributed by atoms with E-state index < -0.39 is 24.4 Å². The molecule has 0 unspecified atom stereocenters. The van der Waals surface area contributed by atoms with E-state index in [2.05, 4.69) is 0 Å². The SMILES string of the molecule is C[C@@H]1[C@H](Cc2cccc(-c3cccc(Cl)c3)c2)N(C(=O)C23CC(C2)C3)CC1(F)F. The minimum absolute atomic E-state index is 0.0416. The van der Waals surface area contributed by atoms with Crippen molar-refractivity contribution < 1.29 is 13.6 Å². The smallest absolute Gasteiger partial charge is 0.269 e. The van der Waals surface area contributed by atoms with Crippen molar-refractivity contribution in [2.75, 3.05) is 6.54 Å². The van der Waals surface area contributed by atoms with Crippen LogP contribution in [0.2, 0.25) is 5.02 Å². The molecule has 0 radical (unpaired) electrons. The van der Waals surface area contributed by atoms with Gasteiger partial charge >= 0.3 is 0 Å². The van der Waals surface area contributed by atoms with Crippen molar-refractivity contribution in [3.63, 3.8) is 0 Å². The molecule has 1 saturated heterocycles. The molecule has 29 heavy (non-hydrogen) atoms. The number of carbonyl (C=O) groups is 1. The number of rotatable bonds is 4. The van der Waals surface area contributed by atoms with Crippen molar-refractivity contribution in [3.05, 3.63) is 59.1 Å². The van der Waals surface area contributed by atoms with Gasteiger partial charge in [-0.15, -0.1) is 0 Å². The van der Waals surface area contributed by atoms with Crippen molar-refractivity contribution in [1.29, 1.82) is 0 Å². The number of benzene rings is 2. The van der Waals surface area contributed by atoms with Gasteiger partial charge in [0.05, 0.1) is 12.0 Å². The third kappa shape index (κ3) is 3.07. The molecule has 3 saturated carbocycles. The molecule has 0 aromatic heterocycles. The highest BCUT2D eigenvalue weighted by Gasteiger charge is 2.65. The Hall–Kier alpha value is -1.94. The van der Waals surface area contributed by atoms with E-state index in [0.29, 0.717) is 17.4 Å². The zero-order chi connectivity index (χ0) is 20.4. The van der Waals surface area contributed by atoms with E-state index in [9.17, 15) is 13.6 Å². The van der Waals surface area contributed by atoms with Gasteiger partial charge in [-0.05, 0) is 60.4 Å². The first-order valence-electron chi connectivity index (χ1n) is 10.3. The summed E-state index contributed by atoms with van der Waals surface area (Å²) in [6, 6.07) is 15.0. The maximum absolute atomic E-state index is 14.6. The summed E-state index contributed by atoms with van der Waals surface area (Å²) in [6.45, 7) is 1.14. The fraction of sp³-hybridized carbons (Fsp3) is 0.458. The quantitative estimate of drug-likeness (QED) is 0.615. The lowest BCUT2D eigenvalue weighted by Gasteiger charge is -2.61. The molecule has 4 aliphatic rings. The molecular weight excluding hydrogens is 392 g/mol. The van der Waals surface area contributed by atoms with Gasteiger partial charge in [-0.2, -0.15) is 0 Å². The lowest BCUT2D eigenvalue weighted by molar-refractivity contribution is -0.178. The Bertz CT molecular complexity index is 958. The van der Waals surface area contributed by atoms with Crippen LogP contribution < -0.4 is 0 Å². The van der Waals surface area contributed by atoms with Gasteiger partial charge < -0.3 is 4.90 Å². The van der Waals surface area contributed by atoms with Crippen LogP contribution in [0.4, 0.5) is 8.78 Å². The summed E-state index contributed by atoms with van der Waals surface area (Å²) in [5, 5.41) is 0.660. The zero-order valence-electron chi connectivity index (χ0n) is 16.4. The Morgan fingerprint density at radius 1 is 1.10 bits per heavy atom. The van der Waals surface area contributed by atoms with E-state index in [-0.39, 0.29) is 11.3 Å². The molecule has 2 atom stereocenters. The first-order valence-corrected chi connectivity index (χ1v) is 10.7. The first kappa shape index (κ1) is 19.0. The fourth-order valence-corrected chi connectivity index (χ4v) is 5.57. The van der Waals surface area contributed by atoms with Crippen molar-refractivity contribution in [1.82, 2.24) is 4.90 Å². The predicted octanol–water partition coefficient (Wildman–Crippen LogP) is 5.83. The van der Waals surface area contributed by atoms with Crippen LogP contribution in [0.3, 0.4) is 0 Å². The van der Waals surface area contributed by atoms with E-state index in [0.717, 1.165) is 36.0 Å². The standard InChI is InChI=1S/C24H24ClF2NO/c1-15-21(28(14-24(15,26)27)22(29)23-11-17(12-23)13-23)9-16-4-2-5-18(8-16)19-6-3-7-20(25)10-19/h2-8,10,15,17,21H,9,11-14H2,1H3/t15-,17?,21+,23?/m1/s1. The molecule has 4 fully saturated rings. The van der Waals surface area contributed by atoms with Gasteiger partial charge in [0.2, 0.25) is 5.91 Å². The molecule has 2 bridgehead atoms. The van der Waals surface area contributed by atoms with E-state index in [1.807, 2.05) is 48.5 Å². The van der Waals surface area contributed by atoms with Gasteiger partial charge in [0.25, 0.3) is 5.92 Å². The normalized spacial score (nSPS) is 31.9. The molecule has 2 nitrogen and oxygen atoms in total. The van der Waals surface area contributed by atoms with Crippen molar-refractivity contribution in [2.24, 2.45) is 17.3 Å². The van der Waals surface area contributed by atoms with Crippen molar-refractivity contribution >= 4 is 17.5 Å². The van der Waals surface area contributed by atoms with E-state index in [4.69, 9.17) is 11.6 Å². The average Bonchev–Trinajstić information content (AvgIpc) is 2.83. The van der Waals surface area contributed by atoms with Gasteiger partial charge in [0, 0.05) is 17.0 Å². The number of halogens is 3. The van der Waals surface area contributed by atoms with Crippen LogP contribution in [0.15, 0.2) is 48.5 Å². The summed E-state index contributed by atoms with van der Waals surface area (Å²) >= 11 is 6.11. The second-order valence-electron chi connectivity index (χ2n) is 9.22. The van der Waals surface area contributed by atoms with Gasteiger partial charge in [0.15, 0.2) is 0 Å². The number of hydrogen-bond acceptors (Lipinski definition) is 1. The molecule has 6 rings (SSSR count). The lowest BCUT2D eigenvalue weighted by atomic mass is 9.44. The van der Waals surface area contributed by atoms with E-state index >= 15 is 0 Å². The minimum atomic E-state index is -2.84. The molecule has 152 valence electrons. The van der Waals surface area contributed by atoms with Crippen LogP contribution >= 0.6 is 11.6 Å². The molecule has 3 aliphatic carbocycles. The summed E-state index contributed by atoms with van der Waals surface area (Å²) in [5.41, 5.74) is 2.63. The molecule has 1 heterocycles. The highest BCUT2D eigenvalue weighted by atomic mass is 35.5. The monoisotopic (exact) mass is 415 g/mol. The molecule has 0 N–H and O–H groups in total. The second kappa shape index (κ2) is 6.53. The minimum Gasteiger partial charge on any atom is -0.332 e. The first-order chi connectivity index (χ1) is 13.8. The third-order valence-corrected chi connectivity index (χ3v) is 7.54. The van der Waals surface area contributed by atoms with Crippen molar-refractivity contribution in [2.45, 2.75) is 44.6 Å². The fourth-order valence-electron chi connectivity index (χ4n) is 5.38.